The number of cyclic esters (lactones) is 1. The van der Waals surface area contributed by atoms with Crippen LogP contribution in [0.3, 0.4) is 0 Å². The number of nitrogens with zero attached hydrogens (tertiary/aromatic N) is 3. The largest absolute Gasteiger partial charge is 0.460 e. The van der Waals surface area contributed by atoms with Crippen molar-refractivity contribution in [2.24, 2.45) is 13.0 Å². The van der Waals surface area contributed by atoms with Gasteiger partial charge in [0.1, 0.15) is 12.2 Å². The molecule has 1 aromatic carbocycles. The topological polar surface area (TPSA) is 90.7 Å². The molecule has 1 fully saturated rings. The second-order valence-corrected chi connectivity index (χ2v) is 8.82. The summed E-state index contributed by atoms with van der Waals surface area (Å²) in [5.41, 5.74) is 1.12. The van der Waals surface area contributed by atoms with Gasteiger partial charge in [-0.15, -0.1) is 0 Å². The van der Waals surface area contributed by atoms with Crippen LogP contribution in [-0.2, 0) is 39.0 Å². The Morgan fingerprint density at radius 2 is 1.97 bits per heavy atom. The maximum atomic E-state index is 13.5. The predicted molar refractivity (Wildman–Crippen MR) is 113 cm³/mol. The van der Waals surface area contributed by atoms with Crippen LogP contribution < -0.4 is 0 Å². The molecular formula is C23H29N3O5. The van der Waals surface area contributed by atoms with E-state index in [1.807, 2.05) is 37.4 Å². The van der Waals surface area contributed by atoms with E-state index in [-0.39, 0.29) is 19.4 Å². The van der Waals surface area contributed by atoms with Crippen LogP contribution in [0.15, 0.2) is 42.9 Å². The van der Waals surface area contributed by atoms with Gasteiger partial charge in [-0.3, -0.25) is 9.59 Å². The summed E-state index contributed by atoms with van der Waals surface area (Å²) in [6.45, 7) is 5.45. The number of benzene rings is 1. The third kappa shape index (κ3) is 5.93. The minimum atomic E-state index is -0.769. The van der Waals surface area contributed by atoms with Crippen LogP contribution in [0.2, 0.25) is 0 Å². The van der Waals surface area contributed by atoms with E-state index in [1.54, 1.807) is 37.9 Å². The van der Waals surface area contributed by atoms with E-state index >= 15 is 0 Å². The lowest BCUT2D eigenvalue weighted by atomic mass is 9.96. The monoisotopic (exact) mass is 427 g/mol. The predicted octanol–water partition coefficient (Wildman–Crippen LogP) is 2.90. The van der Waals surface area contributed by atoms with Crippen molar-refractivity contribution in [3.63, 3.8) is 0 Å². The number of hydrogen-bond acceptors (Lipinski definition) is 6. The smallest absolute Gasteiger partial charge is 0.416 e. The lowest BCUT2D eigenvalue weighted by molar-refractivity contribution is -0.158. The molecule has 1 aliphatic heterocycles. The van der Waals surface area contributed by atoms with Crippen molar-refractivity contribution in [3.8, 4) is 0 Å². The molecule has 2 aromatic rings. The van der Waals surface area contributed by atoms with Gasteiger partial charge in [-0.2, -0.15) is 0 Å². The first-order valence-electron chi connectivity index (χ1n) is 10.3. The van der Waals surface area contributed by atoms with Gasteiger partial charge in [-0.25, -0.2) is 14.7 Å². The molecule has 2 atom stereocenters. The molecule has 166 valence electrons. The van der Waals surface area contributed by atoms with Gasteiger partial charge in [-0.05, 0) is 32.8 Å². The van der Waals surface area contributed by atoms with E-state index in [0.29, 0.717) is 6.42 Å². The normalized spacial score (nSPS) is 17.4. The molecule has 3 rings (SSSR count). The Morgan fingerprint density at radius 1 is 1.26 bits per heavy atom. The average molecular weight is 428 g/mol. The number of carbonyl (C=O) groups excluding carboxylic acids is 3. The second kappa shape index (κ2) is 9.32. The molecule has 1 aliphatic rings. The van der Waals surface area contributed by atoms with Crippen molar-refractivity contribution in [1.29, 1.82) is 0 Å². The Labute approximate surface area is 182 Å². The van der Waals surface area contributed by atoms with Gasteiger partial charge >= 0.3 is 12.1 Å². The maximum Gasteiger partial charge on any atom is 0.416 e. The van der Waals surface area contributed by atoms with E-state index in [4.69, 9.17) is 9.47 Å². The van der Waals surface area contributed by atoms with Gasteiger partial charge in [0.15, 0.2) is 0 Å². The van der Waals surface area contributed by atoms with Gasteiger partial charge in [-0.1, -0.05) is 30.3 Å². The SMILES string of the molecule is Cn1cncc1C[C@H](CC(=O)OC(C)(C)C)C(=O)N1C(=O)OC[C@@H]1Cc1ccccc1. The van der Waals surface area contributed by atoms with Crippen molar-refractivity contribution in [2.45, 2.75) is 51.7 Å². The Hall–Kier alpha value is -3.16. The van der Waals surface area contributed by atoms with Gasteiger partial charge < -0.3 is 14.0 Å². The van der Waals surface area contributed by atoms with E-state index in [1.165, 1.54) is 4.90 Å². The van der Waals surface area contributed by atoms with Crippen LogP contribution in [0.4, 0.5) is 4.79 Å². The highest BCUT2D eigenvalue weighted by Gasteiger charge is 2.41. The van der Waals surface area contributed by atoms with Gasteiger partial charge in [0.2, 0.25) is 5.91 Å². The highest BCUT2D eigenvalue weighted by molar-refractivity contribution is 5.96. The first-order valence-corrected chi connectivity index (χ1v) is 10.3. The molecule has 0 aliphatic carbocycles. The van der Waals surface area contributed by atoms with Crippen molar-refractivity contribution in [3.05, 3.63) is 54.1 Å². The number of carbonyl (C=O) groups is 3. The lowest BCUT2D eigenvalue weighted by Crippen LogP contribution is -2.45. The number of imidazole rings is 1. The summed E-state index contributed by atoms with van der Waals surface area (Å²) in [4.78, 5) is 43.7. The van der Waals surface area contributed by atoms with Crippen LogP contribution in [0.1, 0.15) is 38.4 Å². The summed E-state index contributed by atoms with van der Waals surface area (Å²) in [5.74, 6) is -1.69. The number of rotatable bonds is 7. The average Bonchev–Trinajstić information content (AvgIpc) is 3.25. The summed E-state index contributed by atoms with van der Waals surface area (Å²) in [7, 11) is 1.82. The molecule has 0 radical (unpaired) electrons. The Balaban J connectivity index is 1.81. The molecule has 2 amide bonds. The fourth-order valence-corrected chi connectivity index (χ4v) is 3.63. The number of esters is 1. The molecule has 0 unspecified atom stereocenters. The zero-order chi connectivity index (χ0) is 22.6. The second-order valence-electron chi connectivity index (χ2n) is 8.82. The number of amides is 2. The highest BCUT2D eigenvalue weighted by Crippen LogP contribution is 2.24. The van der Waals surface area contributed by atoms with Crippen LogP contribution in [0.5, 0.6) is 0 Å². The molecule has 2 heterocycles. The molecule has 0 spiro atoms. The van der Waals surface area contributed by atoms with Crippen LogP contribution in [-0.4, -0.2) is 50.7 Å². The lowest BCUT2D eigenvalue weighted by Gasteiger charge is -2.26. The van der Waals surface area contributed by atoms with E-state index < -0.39 is 35.5 Å². The van der Waals surface area contributed by atoms with Crippen molar-refractivity contribution in [2.75, 3.05) is 6.61 Å². The Kier molecular flexibility index (Phi) is 6.77. The summed E-state index contributed by atoms with van der Waals surface area (Å²) < 4.78 is 12.4. The molecule has 1 saturated heterocycles. The van der Waals surface area contributed by atoms with Crippen LogP contribution in [0.25, 0.3) is 0 Å². The number of aromatic nitrogens is 2. The van der Waals surface area contributed by atoms with Crippen LogP contribution >= 0.6 is 0 Å². The summed E-state index contributed by atoms with van der Waals surface area (Å²) in [6.07, 6.45) is 3.22. The molecule has 31 heavy (non-hydrogen) atoms. The summed E-state index contributed by atoms with van der Waals surface area (Å²) >= 11 is 0. The minimum Gasteiger partial charge on any atom is -0.460 e. The molecule has 0 bridgehead atoms. The Morgan fingerprint density at radius 3 is 2.58 bits per heavy atom. The summed E-state index contributed by atoms with van der Waals surface area (Å²) in [6, 6.07) is 9.20. The van der Waals surface area contributed by atoms with Crippen molar-refractivity contribution >= 4 is 18.0 Å². The van der Waals surface area contributed by atoms with Gasteiger partial charge in [0.25, 0.3) is 0 Å². The van der Waals surface area contributed by atoms with E-state index in [9.17, 15) is 14.4 Å². The molecule has 8 nitrogen and oxygen atoms in total. The standard InChI is InChI=1S/C23H29N3O5/c1-23(2,3)31-20(27)12-17(11-18-13-24-15-25(18)4)21(28)26-19(14-30-22(26)29)10-16-8-6-5-7-9-16/h5-9,13,15,17,19H,10-12,14H2,1-4H3/t17-,19+/m1/s1. The molecular weight excluding hydrogens is 398 g/mol. The minimum absolute atomic E-state index is 0.129. The zero-order valence-corrected chi connectivity index (χ0v) is 18.4. The number of ether oxygens (including phenoxy) is 2. The van der Waals surface area contributed by atoms with E-state index in [0.717, 1.165) is 11.3 Å². The van der Waals surface area contributed by atoms with Crippen LogP contribution in [0, 0.1) is 5.92 Å². The highest BCUT2D eigenvalue weighted by atomic mass is 16.6. The Bertz CT molecular complexity index is 932. The third-order valence-corrected chi connectivity index (χ3v) is 5.07. The van der Waals surface area contributed by atoms with Gasteiger partial charge in [0.05, 0.1) is 24.7 Å². The summed E-state index contributed by atoms with van der Waals surface area (Å²) in [5, 5.41) is 0. The fraction of sp³-hybridized carbons (Fsp3) is 0.478. The molecule has 0 saturated carbocycles. The first kappa shape index (κ1) is 22.5. The molecule has 8 heteroatoms. The maximum absolute atomic E-state index is 13.5. The van der Waals surface area contributed by atoms with E-state index in [2.05, 4.69) is 4.98 Å². The first-order chi connectivity index (χ1) is 14.6. The number of aryl methyl sites for hydroxylation is 1. The van der Waals surface area contributed by atoms with Crippen molar-refractivity contribution in [1.82, 2.24) is 14.5 Å². The quantitative estimate of drug-likeness (QED) is 0.631. The fourth-order valence-electron chi connectivity index (χ4n) is 3.63. The van der Waals surface area contributed by atoms with Gasteiger partial charge in [0, 0.05) is 25.4 Å². The zero-order valence-electron chi connectivity index (χ0n) is 18.4. The molecule has 1 aromatic heterocycles. The number of hydrogen-bond donors (Lipinski definition) is 0. The molecule has 0 N–H and O–H groups in total. The third-order valence-electron chi connectivity index (χ3n) is 5.07. The number of imide groups is 1. The van der Waals surface area contributed by atoms with Crippen molar-refractivity contribution < 1.29 is 23.9 Å².